The standard InChI is InChI=1S/C24H27ClN4O4/c1-24(18-6-8-20(33-2)9-7-18)22(31)29(23(32)26-24)16-21(30)28-12-10-27(11-13-28)15-17-4-3-5-19(25)14-17/h3-9,14H,10-13,15-16H2,1-2H3,(H,26,32)/t24-/m1/s1. The van der Waals surface area contributed by atoms with Gasteiger partial charge >= 0.3 is 6.03 Å². The van der Waals surface area contributed by atoms with Crippen LogP contribution in [0.15, 0.2) is 48.5 Å². The van der Waals surface area contributed by atoms with Crippen LogP contribution in [-0.4, -0.2) is 72.4 Å². The topological polar surface area (TPSA) is 82.2 Å². The lowest BCUT2D eigenvalue weighted by atomic mass is 9.92. The third-order valence-electron chi connectivity index (χ3n) is 6.26. The van der Waals surface area contributed by atoms with Crippen LogP contribution in [0.25, 0.3) is 0 Å². The van der Waals surface area contributed by atoms with Gasteiger partial charge < -0.3 is 15.0 Å². The first-order valence-corrected chi connectivity index (χ1v) is 11.2. The summed E-state index contributed by atoms with van der Waals surface area (Å²) in [6, 6.07) is 14.1. The van der Waals surface area contributed by atoms with Crippen molar-refractivity contribution in [3.8, 4) is 5.75 Å². The van der Waals surface area contributed by atoms with Crippen molar-refractivity contribution >= 4 is 29.4 Å². The monoisotopic (exact) mass is 470 g/mol. The average Bonchev–Trinajstić information content (AvgIpc) is 3.03. The predicted molar refractivity (Wildman–Crippen MR) is 124 cm³/mol. The number of urea groups is 1. The first-order valence-electron chi connectivity index (χ1n) is 10.8. The summed E-state index contributed by atoms with van der Waals surface area (Å²) in [6.07, 6.45) is 0. The maximum Gasteiger partial charge on any atom is 0.325 e. The molecule has 33 heavy (non-hydrogen) atoms. The highest BCUT2D eigenvalue weighted by Crippen LogP contribution is 2.30. The number of nitrogens with one attached hydrogen (secondary N) is 1. The Morgan fingerprint density at radius 2 is 1.79 bits per heavy atom. The summed E-state index contributed by atoms with van der Waals surface area (Å²) >= 11 is 6.06. The minimum absolute atomic E-state index is 0.236. The van der Waals surface area contributed by atoms with Gasteiger partial charge in [0.15, 0.2) is 0 Å². The Kier molecular flexibility index (Phi) is 6.58. The molecule has 1 N–H and O–H groups in total. The highest BCUT2D eigenvalue weighted by molar-refractivity contribution is 6.30. The molecule has 9 heteroatoms. The number of methoxy groups -OCH3 is 1. The van der Waals surface area contributed by atoms with Crippen molar-refractivity contribution in [1.82, 2.24) is 20.0 Å². The number of carbonyl (C=O) groups excluding carboxylic acids is 3. The van der Waals surface area contributed by atoms with E-state index in [1.807, 2.05) is 24.3 Å². The van der Waals surface area contributed by atoms with E-state index in [0.29, 0.717) is 42.5 Å². The van der Waals surface area contributed by atoms with E-state index in [2.05, 4.69) is 10.2 Å². The van der Waals surface area contributed by atoms with Gasteiger partial charge in [0.2, 0.25) is 5.91 Å². The van der Waals surface area contributed by atoms with Gasteiger partial charge in [0.1, 0.15) is 17.8 Å². The number of piperazine rings is 1. The van der Waals surface area contributed by atoms with E-state index in [1.165, 1.54) is 0 Å². The lowest BCUT2D eigenvalue weighted by Gasteiger charge is -2.35. The first-order chi connectivity index (χ1) is 15.8. The van der Waals surface area contributed by atoms with E-state index >= 15 is 0 Å². The van der Waals surface area contributed by atoms with Crippen molar-refractivity contribution in [2.24, 2.45) is 0 Å². The molecule has 174 valence electrons. The molecule has 0 unspecified atom stereocenters. The smallest absolute Gasteiger partial charge is 0.325 e. The van der Waals surface area contributed by atoms with E-state index in [0.717, 1.165) is 17.0 Å². The van der Waals surface area contributed by atoms with E-state index in [4.69, 9.17) is 16.3 Å². The zero-order chi connectivity index (χ0) is 23.6. The van der Waals surface area contributed by atoms with Crippen molar-refractivity contribution < 1.29 is 19.1 Å². The third-order valence-corrected chi connectivity index (χ3v) is 6.49. The number of ether oxygens (including phenoxy) is 1. The summed E-state index contributed by atoms with van der Waals surface area (Å²) in [5.74, 6) is -0.0221. The van der Waals surface area contributed by atoms with Gasteiger partial charge in [-0.25, -0.2) is 4.79 Å². The second kappa shape index (κ2) is 9.41. The Morgan fingerprint density at radius 1 is 1.09 bits per heavy atom. The Labute approximate surface area is 198 Å². The van der Waals surface area contributed by atoms with Crippen LogP contribution in [0.3, 0.4) is 0 Å². The highest BCUT2D eigenvalue weighted by Gasteiger charge is 2.49. The summed E-state index contributed by atoms with van der Waals surface area (Å²) in [6.45, 7) is 4.64. The number of imide groups is 1. The van der Waals surface area contributed by atoms with E-state index in [-0.39, 0.29) is 12.5 Å². The van der Waals surface area contributed by atoms with Crippen LogP contribution in [0.2, 0.25) is 5.02 Å². The van der Waals surface area contributed by atoms with Crippen molar-refractivity contribution in [2.45, 2.75) is 19.0 Å². The largest absolute Gasteiger partial charge is 0.497 e. The molecule has 2 aliphatic rings. The quantitative estimate of drug-likeness (QED) is 0.656. The molecule has 4 amide bonds. The molecule has 2 saturated heterocycles. The number of hydrogen-bond donors (Lipinski definition) is 1. The van der Waals surface area contributed by atoms with Gasteiger partial charge in [0.05, 0.1) is 7.11 Å². The van der Waals surface area contributed by atoms with Gasteiger partial charge in [0, 0.05) is 37.7 Å². The molecular weight excluding hydrogens is 444 g/mol. The highest BCUT2D eigenvalue weighted by atomic mass is 35.5. The molecule has 0 aromatic heterocycles. The number of nitrogens with zero attached hydrogens (tertiary/aromatic N) is 3. The second-order valence-electron chi connectivity index (χ2n) is 8.46. The Balaban J connectivity index is 1.34. The molecule has 1 atom stereocenters. The zero-order valence-electron chi connectivity index (χ0n) is 18.7. The van der Waals surface area contributed by atoms with Crippen LogP contribution >= 0.6 is 11.6 Å². The number of rotatable bonds is 6. The van der Waals surface area contributed by atoms with Gasteiger partial charge in [-0.05, 0) is 42.3 Å². The molecule has 0 saturated carbocycles. The van der Waals surface area contributed by atoms with Gasteiger partial charge in [0.25, 0.3) is 5.91 Å². The number of halogens is 1. The predicted octanol–water partition coefficient (Wildman–Crippen LogP) is 2.46. The fourth-order valence-electron chi connectivity index (χ4n) is 4.24. The Hall–Kier alpha value is -3.10. The molecule has 2 aromatic carbocycles. The number of hydrogen-bond acceptors (Lipinski definition) is 5. The van der Waals surface area contributed by atoms with Crippen LogP contribution in [0.4, 0.5) is 4.79 Å². The molecule has 2 heterocycles. The average molecular weight is 471 g/mol. The van der Waals surface area contributed by atoms with Crippen LogP contribution in [0.1, 0.15) is 18.1 Å². The molecule has 2 fully saturated rings. The summed E-state index contributed by atoms with van der Waals surface area (Å²) in [4.78, 5) is 43.5. The molecule has 4 rings (SSSR count). The van der Waals surface area contributed by atoms with Crippen LogP contribution in [-0.2, 0) is 21.7 Å². The molecule has 0 spiro atoms. The molecule has 0 aliphatic carbocycles. The lowest BCUT2D eigenvalue weighted by Crippen LogP contribution is -2.51. The van der Waals surface area contributed by atoms with E-state index in [1.54, 1.807) is 43.2 Å². The number of amides is 4. The van der Waals surface area contributed by atoms with Crippen LogP contribution in [0, 0.1) is 0 Å². The third kappa shape index (κ3) is 4.82. The van der Waals surface area contributed by atoms with Gasteiger partial charge in [-0.1, -0.05) is 35.9 Å². The minimum Gasteiger partial charge on any atom is -0.497 e. The number of benzene rings is 2. The van der Waals surface area contributed by atoms with Crippen LogP contribution < -0.4 is 10.1 Å². The summed E-state index contributed by atoms with van der Waals surface area (Å²) in [7, 11) is 1.56. The van der Waals surface area contributed by atoms with Gasteiger partial charge in [-0.15, -0.1) is 0 Å². The van der Waals surface area contributed by atoms with Crippen molar-refractivity contribution in [3.05, 3.63) is 64.7 Å². The normalized spacial score (nSPS) is 21.3. The lowest BCUT2D eigenvalue weighted by molar-refractivity contribution is -0.139. The van der Waals surface area contributed by atoms with Gasteiger partial charge in [-0.3, -0.25) is 19.4 Å². The molecule has 0 radical (unpaired) electrons. The zero-order valence-corrected chi connectivity index (χ0v) is 19.5. The second-order valence-corrected chi connectivity index (χ2v) is 8.90. The summed E-state index contributed by atoms with van der Waals surface area (Å²) in [5.41, 5.74) is 0.532. The van der Waals surface area contributed by atoms with Crippen molar-refractivity contribution in [3.63, 3.8) is 0 Å². The molecule has 2 aliphatic heterocycles. The molecular formula is C24H27ClN4O4. The summed E-state index contributed by atoms with van der Waals surface area (Å²) < 4.78 is 5.16. The van der Waals surface area contributed by atoms with Crippen molar-refractivity contribution in [1.29, 1.82) is 0 Å². The molecule has 0 bridgehead atoms. The Morgan fingerprint density at radius 3 is 2.42 bits per heavy atom. The summed E-state index contributed by atoms with van der Waals surface area (Å²) in [5, 5.41) is 3.44. The van der Waals surface area contributed by atoms with Crippen LogP contribution in [0.5, 0.6) is 5.75 Å². The van der Waals surface area contributed by atoms with E-state index in [9.17, 15) is 14.4 Å². The molecule has 2 aromatic rings. The van der Waals surface area contributed by atoms with E-state index < -0.39 is 17.5 Å². The van der Waals surface area contributed by atoms with Gasteiger partial charge in [-0.2, -0.15) is 0 Å². The minimum atomic E-state index is -1.22. The Bertz CT molecular complexity index is 1050. The molecule has 8 nitrogen and oxygen atoms in total. The fraction of sp³-hybridized carbons (Fsp3) is 0.375. The maximum atomic E-state index is 13.1. The van der Waals surface area contributed by atoms with Crippen molar-refractivity contribution in [2.75, 3.05) is 39.8 Å². The first kappa shape index (κ1) is 23.1. The number of carbonyl (C=O) groups is 3. The maximum absolute atomic E-state index is 13.1. The SMILES string of the molecule is COc1ccc([C@@]2(C)NC(=O)N(CC(=O)N3CCN(Cc4cccc(Cl)c4)CC3)C2=O)cc1. The fourth-order valence-corrected chi connectivity index (χ4v) is 4.46.